The van der Waals surface area contributed by atoms with Gasteiger partial charge >= 0.3 is 0 Å². The third-order valence-electron chi connectivity index (χ3n) is 2.38. The number of anilines is 1. The van der Waals surface area contributed by atoms with Gasteiger partial charge in [-0.15, -0.1) is 0 Å². The number of aromatic nitrogens is 2. The first-order chi connectivity index (χ1) is 6.79. The molecule has 4 heteroatoms. The molecule has 0 amide bonds. The zero-order valence-electron chi connectivity index (χ0n) is 8.33. The molecule has 0 saturated carbocycles. The number of aryl methyl sites for hydroxylation is 1. The Hall–Kier alpha value is -0.640. The molecule has 1 aliphatic heterocycles. The van der Waals surface area contributed by atoms with Crippen LogP contribution >= 0.6 is 15.9 Å². The van der Waals surface area contributed by atoms with Gasteiger partial charge in [0.1, 0.15) is 16.2 Å². The highest BCUT2D eigenvalue weighted by atomic mass is 79.9. The van der Waals surface area contributed by atoms with Crippen LogP contribution in [0.2, 0.25) is 0 Å². The van der Waals surface area contributed by atoms with Crippen LogP contribution in [0, 0.1) is 0 Å². The Morgan fingerprint density at radius 3 is 2.79 bits per heavy atom. The Bertz CT molecular complexity index is 323. The zero-order valence-corrected chi connectivity index (χ0v) is 9.92. The molecule has 76 valence electrons. The van der Waals surface area contributed by atoms with Crippen molar-refractivity contribution in [3.63, 3.8) is 0 Å². The highest BCUT2D eigenvalue weighted by Crippen LogP contribution is 2.21. The molecule has 1 aromatic rings. The van der Waals surface area contributed by atoms with Crippen molar-refractivity contribution in [2.24, 2.45) is 0 Å². The lowest BCUT2D eigenvalue weighted by Gasteiger charge is -2.32. The third-order valence-corrected chi connectivity index (χ3v) is 2.79. The molecule has 0 N–H and O–H groups in total. The topological polar surface area (TPSA) is 29.0 Å². The summed E-state index contributed by atoms with van der Waals surface area (Å²) in [6, 6.07) is 2.00. The Kier molecular flexibility index (Phi) is 3.01. The van der Waals surface area contributed by atoms with E-state index in [1.807, 2.05) is 6.07 Å². The zero-order chi connectivity index (χ0) is 9.97. The molecule has 0 radical (unpaired) electrons. The molecule has 0 spiro atoms. The predicted molar refractivity (Wildman–Crippen MR) is 60.6 cm³/mol. The largest absolute Gasteiger partial charge is 0.356 e. The van der Waals surface area contributed by atoms with E-state index in [0.29, 0.717) is 0 Å². The molecule has 0 bridgehead atoms. The van der Waals surface area contributed by atoms with Crippen molar-refractivity contribution in [1.29, 1.82) is 0 Å². The van der Waals surface area contributed by atoms with E-state index >= 15 is 0 Å². The average Bonchev–Trinajstić information content (AvgIpc) is 1.99. The van der Waals surface area contributed by atoms with Crippen LogP contribution in [0.5, 0.6) is 0 Å². The first-order valence-corrected chi connectivity index (χ1v) is 5.87. The van der Waals surface area contributed by atoms with Crippen molar-refractivity contribution >= 4 is 21.7 Å². The number of nitrogens with zero attached hydrogens (tertiary/aromatic N) is 3. The van der Waals surface area contributed by atoms with Gasteiger partial charge in [0, 0.05) is 25.6 Å². The fraction of sp³-hybridized carbons (Fsp3) is 0.600. The quantitative estimate of drug-likeness (QED) is 0.777. The van der Waals surface area contributed by atoms with Crippen LogP contribution in [0.1, 0.15) is 25.6 Å². The van der Waals surface area contributed by atoms with Gasteiger partial charge in [0.15, 0.2) is 0 Å². The summed E-state index contributed by atoms with van der Waals surface area (Å²) in [6.45, 7) is 4.41. The highest BCUT2D eigenvalue weighted by molar-refractivity contribution is 9.10. The third kappa shape index (κ3) is 2.05. The minimum atomic E-state index is 0.901. The van der Waals surface area contributed by atoms with E-state index < -0.39 is 0 Å². The van der Waals surface area contributed by atoms with Crippen LogP contribution in [0.25, 0.3) is 0 Å². The van der Waals surface area contributed by atoms with E-state index in [1.165, 1.54) is 6.42 Å². The van der Waals surface area contributed by atoms with Crippen LogP contribution in [-0.4, -0.2) is 23.1 Å². The Morgan fingerprint density at radius 2 is 2.21 bits per heavy atom. The predicted octanol–water partition coefficient (Wildman–Crippen LogP) is 2.40. The maximum atomic E-state index is 4.53. The second-order valence-electron chi connectivity index (χ2n) is 3.56. The van der Waals surface area contributed by atoms with Gasteiger partial charge in [-0.05, 0) is 28.8 Å². The summed E-state index contributed by atoms with van der Waals surface area (Å²) in [5.74, 6) is 2.02. The maximum Gasteiger partial charge on any atom is 0.133 e. The van der Waals surface area contributed by atoms with E-state index in [2.05, 4.69) is 37.7 Å². The average molecular weight is 256 g/mol. The molecule has 2 rings (SSSR count). The Balaban J connectivity index is 2.21. The van der Waals surface area contributed by atoms with E-state index in [4.69, 9.17) is 0 Å². The molecule has 3 nitrogen and oxygen atoms in total. The van der Waals surface area contributed by atoms with E-state index in [0.717, 1.165) is 42.2 Å². The monoisotopic (exact) mass is 255 g/mol. The summed E-state index contributed by atoms with van der Waals surface area (Å²) in [6.07, 6.45) is 3.33. The van der Waals surface area contributed by atoms with Gasteiger partial charge in [-0.25, -0.2) is 9.97 Å². The molecule has 1 fully saturated rings. The number of halogens is 1. The molecule has 14 heavy (non-hydrogen) atoms. The number of hydrogen-bond acceptors (Lipinski definition) is 3. The van der Waals surface area contributed by atoms with E-state index in [1.54, 1.807) is 0 Å². The summed E-state index contributed by atoms with van der Waals surface area (Å²) >= 11 is 3.43. The van der Waals surface area contributed by atoms with Crippen molar-refractivity contribution in [2.45, 2.75) is 26.2 Å². The van der Waals surface area contributed by atoms with Crippen LogP contribution in [-0.2, 0) is 6.42 Å². The summed E-state index contributed by atoms with van der Waals surface area (Å²) in [5, 5.41) is 0. The van der Waals surface area contributed by atoms with Gasteiger partial charge in [0.25, 0.3) is 0 Å². The number of rotatable bonds is 3. The highest BCUT2D eigenvalue weighted by Gasteiger charge is 2.16. The smallest absolute Gasteiger partial charge is 0.133 e. The molecule has 1 saturated heterocycles. The van der Waals surface area contributed by atoms with Crippen molar-refractivity contribution in [1.82, 2.24) is 9.97 Å². The van der Waals surface area contributed by atoms with Gasteiger partial charge in [-0.3, -0.25) is 0 Å². The molecule has 1 aliphatic rings. The molecule has 1 aromatic heterocycles. The SMILES string of the molecule is CCCc1nc(Br)cc(N2CCC2)n1. The lowest BCUT2D eigenvalue weighted by atomic mass is 10.2. The van der Waals surface area contributed by atoms with Gasteiger partial charge in [-0.1, -0.05) is 6.92 Å². The van der Waals surface area contributed by atoms with Crippen LogP contribution < -0.4 is 4.90 Å². The van der Waals surface area contributed by atoms with Crippen molar-refractivity contribution in [3.05, 3.63) is 16.5 Å². The lowest BCUT2D eigenvalue weighted by molar-refractivity contribution is 0.605. The molecule has 0 aromatic carbocycles. The first-order valence-electron chi connectivity index (χ1n) is 5.08. The van der Waals surface area contributed by atoms with E-state index in [-0.39, 0.29) is 0 Å². The molecule has 0 unspecified atom stereocenters. The first kappa shape index (κ1) is 9.90. The minimum absolute atomic E-state index is 0.901. The summed E-state index contributed by atoms with van der Waals surface area (Å²) in [7, 11) is 0. The van der Waals surface area contributed by atoms with Gasteiger partial charge in [0.05, 0.1) is 0 Å². The number of hydrogen-bond donors (Lipinski definition) is 0. The van der Waals surface area contributed by atoms with Crippen LogP contribution in [0.15, 0.2) is 10.7 Å². The summed E-state index contributed by atoms with van der Waals surface area (Å²) < 4.78 is 0.901. The summed E-state index contributed by atoms with van der Waals surface area (Å²) in [5.41, 5.74) is 0. The van der Waals surface area contributed by atoms with Crippen LogP contribution in [0.4, 0.5) is 5.82 Å². The fourth-order valence-corrected chi connectivity index (χ4v) is 1.90. The van der Waals surface area contributed by atoms with Gasteiger partial charge in [0.2, 0.25) is 0 Å². The molecule has 2 heterocycles. The molecular formula is C10H14BrN3. The van der Waals surface area contributed by atoms with Crippen molar-refractivity contribution < 1.29 is 0 Å². The van der Waals surface area contributed by atoms with E-state index in [9.17, 15) is 0 Å². The van der Waals surface area contributed by atoms with Crippen molar-refractivity contribution in [2.75, 3.05) is 18.0 Å². The summed E-state index contributed by atoms with van der Waals surface area (Å²) in [4.78, 5) is 11.2. The Labute approximate surface area is 92.7 Å². The second-order valence-corrected chi connectivity index (χ2v) is 4.37. The Morgan fingerprint density at radius 1 is 1.43 bits per heavy atom. The van der Waals surface area contributed by atoms with Crippen molar-refractivity contribution in [3.8, 4) is 0 Å². The molecule has 0 aliphatic carbocycles. The minimum Gasteiger partial charge on any atom is -0.356 e. The normalized spacial score (nSPS) is 15.4. The molecule has 0 atom stereocenters. The van der Waals surface area contributed by atoms with Crippen LogP contribution in [0.3, 0.4) is 0 Å². The lowest BCUT2D eigenvalue weighted by Crippen LogP contribution is -2.37. The molecular weight excluding hydrogens is 242 g/mol. The second kappa shape index (κ2) is 4.26. The van der Waals surface area contributed by atoms with Gasteiger partial charge in [-0.2, -0.15) is 0 Å². The fourth-order valence-electron chi connectivity index (χ4n) is 1.49. The standard InChI is InChI=1S/C10H14BrN3/c1-2-4-9-12-8(11)7-10(13-9)14-5-3-6-14/h7H,2-6H2,1H3. The maximum absolute atomic E-state index is 4.53. The van der Waals surface area contributed by atoms with Gasteiger partial charge < -0.3 is 4.90 Å².